The highest BCUT2D eigenvalue weighted by atomic mass is 16.5. The lowest BCUT2D eigenvalue weighted by atomic mass is 10.1. The number of hydrogen-bond acceptors (Lipinski definition) is 5. The Kier molecular flexibility index (Phi) is 7.22. The zero-order chi connectivity index (χ0) is 23.9. The van der Waals surface area contributed by atoms with Crippen molar-refractivity contribution in [2.45, 2.75) is 33.4 Å². The van der Waals surface area contributed by atoms with Gasteiger partial charge in [0.2, 0.25) is 5.91 Å². The summed E-state index contributed by atoms with van der Waals surface area (Å²) in [4.78, 5) is 16.3. The number of carbonyl (C=O) groups excluding carboxylic acids is 1. The number of pyridine rings is 1. The minimum absolute atomic E-state index is 0.146. The summed E-state index contributed by atoms with van der Waals surface area (Å²) in [5.41, 5.74) is 8.02. The number of aryl methyl sites for hydroxylation is 3. The second-order valence-corrected chi connectivity index (χ2v) is 8.07. The summed E-state index contributed by atoms with van der Waals surface area (Å²) in [6.07, 6.45) is 7.48. The van der Waals surface area contributed by atoms with E-state index in [9.17, 15) is 4.79 Å². The van der Waals surface area contributed by atoms with Crippen molar-refractivity contribution in [3.8, 4) is 11.5 Å². The molecule has 0 atom stereocenters. The zero-order valence-corrected chi connectivity index (χ0v) is 19.6. The normalized spacial score (nSPS) is 11.1. The van der Waals surface area contributed by atoms with E-state index in [1.54, 1.807) is 25.7 Å². The molecule has 0 bridgehead atoms. The predicted molar refractivity (Wildman–Crippen MR) is 133 cm³/mol. The molecule has 0 saturated carbocycles. The first-order valence-corrected chi connectivity index (χ1v) is 11.1. The quantitative estimate of drug-likeness (QED) is 0.290. The lowest BCUT2D eigenvalue weighted by Crippen LogP contribution is -2.19. The van der Waals surface area contributed by atoms with E-state index < -0.39 is 0 Å². The molecule has 0 aliphatic carbocycles. The maximum Gasteiger partial charge on any atom is 0.241 e. The number of aromatic nitrogens is 2. The van der Waals surface area contributed by atoms with Gasteiger partial charge in [-0.2, -0.15) is 5.10 Å². The van der Waals surface area contributed by atoms with Crippen LogP contribution < -0.4 is 14.9 Å². The number of nitrogens with zero attached hydrogens (tertiary/aromatic N) is 3. The van der Waals surface area contributed by atoms with Gasteiger partial charge in [0.1, 0.15) is 6.61 Å². The standard InChI is InChI=1S/C27H28N4O3/c1-19-5-4-6-23-27(19)20(2)17-31(23)14-11-26(32)30-29-16-22-7-8-24(25(15-22)33-3)34-18-21-9-12-28-13-10-21/h4-10,12-13,15-17H,11,14,18H2,1-3H3,(H,30,32)/b29-16+. The number of carbonyl (C=O) groups is 1. The molecular weight excluding hydrogens is 428 g/mol. The van der Waals surface area contributed by atoms with E-state index in [0.29, 0.717) is 31.1 Å². The first kappa shape index (κ1) is 23.0. The minimum atomic E-state index is -0.146. The van der Waals surface area contributed by atoms with Gasteiger partial charge in [-0.3, -0.25) is 9.78 Å². The van der Waals surface area contributed by atoms with Crippen molar-refractivity contribution in [1.29, 1.82) is 0 Å². The Hall–Kier alpha value is -4.13. The van der Waals surface area contributed by atoms with E-state index in [1.165, 1.54) is 16.5 Å². The molecule has 2 aromatic heterocycles. The second kappa shape index (κ2) is 10.7. The molecule has 34 heavy (non-hydrogen) atoms. The van der Waals surface area contributed by atoms with Crippen molar-refractivity contribution < 1.29 is 14.3 Å². The average Bonchev–Trinajstić information content (AvgIpc) is 3.19. The number of methoxy groups -OCH3 is 1. The van der Waals surface area contributed by atoms with Gasteiger partial charge >= 0.3 is 0 Å². The summed E-state index contributed by atoms with van der Waals surface area (Å²) in [6.45, 7) is 5.21. The fraction of sp³-hybridized carbons (Fsp3) is 0.222. The summed E-state index contributed by atoms with van der Waals surface area (Å²) in [5, 5.41) is 5.35. The SMILES string of the molecule is COc1cc(/C=N/NC(=O)CCn2cc(C)c3c(C)cccc32)ccc1OCc1ccncc1. The monoisotopic (exact) mass is 456 g/mol. The molecule has 2 aromatic carbocycles. The highest BCUT2D eigenvalue weighted by Gasteiger charge is 2.09. The Morgan fingerprint density at radius 3 is 2.71 bits per heavy atom. The zero-order valence-electron chi connectivity index (χ0n) is 19.6. The van der Waals surface area contributed by atoms with Crippen molar-refractivity contribution in [2.24, 2.45) is 5.10 Å². The van der Waals surface area contributed by atoms with E-state index in [4.69, 9.17) is 9.47 Å². The van der Waals surface area contributed by atoms with Gasteiger partial charge in [0.05, 0.1) is 13.3 Å². The predicted octanol–water partition coefficient (Wildman–Crippen LogP) is 4.78. The van der Waals surface area contributed by atoms with Crippen molar-refractivity contribution in [2.75, 3.05) is 7.11 Å². The van der Waals surface area contributed by atoms with Crippen molar-refractivity contribution in [3.63, 3.8) is 0 Å². The van der Waals surface area contributed by atoms with Gasteiger partial charge in [0.15, 0.2) is 11.5 Å². The number of amides is 1. The molecule has 1 N–H and O–H groups in total. The van der Waals surface area contributed by atoms with E-state index in [1.807, 2.05) is 36.4 Å². The van der Waals surface area contributed by atoms with Crippen LogP contribution in [0.15, 0.2) is 72.2 Å². The Bertz CT molecular complexity index is 1310. The van der Waals surface area contributed by atoms with Gasteiger partial charge in [-0.15, -0.1) is 0 Å². The smallest absolute Gasteiger partial charge is 0.241 e. The van der Waals surface area contributed by atoms with Crippen LogP contribution in [0.2, 0.25) is 0 Å². The molecule has 0 aliphatic heterocycles. The van der Waals surface area contributed by atoms with Crippen LogP contribution in [-0.2, 0) is 17.9 Å². The Morgan fingerprint density at radius 2 is 1.91 bits per heavy atom. The van der Waals surface area contributed by atoms with Crippen molar-refractivity contribution in [3.05, 3.63) is 89.4 Å². The molecule has 1 amide bonds. The largest absolute Gasteiger partial charge is 0.493 e. The van der Waals surface area contributed by atoms with E-state index in [2.05, 4.69) is 52.3 Å². The topological polar surface area (TPSA) is 77.7 Å². The Labute approximate surface area is 199 Å². The fourth-order valence-corrected chi connectivity index (χ4v) is 3.94. The molecule has 4 rings (SSSR count). The summed E-state index contributed by atoms with van der Waals surface area (Å²) >= 11 is 0. The first-order chi connectivity index (χ1) is 16.5. The first-order valence-electron chi connectivity index (χ1n) is 11.1. The maximum absolute atomic E-state index is 12.3. The fourth-order valence-electron chi connectivity index (χ4n) is 3.94. The third-order valence-electron chi connectivity index (χ3n) is 5.62. The molecule has 0 fully saturated rings. The van der Waals surface area contributed by atoms with Crippen molar-refractivity contribution in [1.82, 2.24) is 15.0 Å². The molecule has 7 nitrogen and oxygen atoms in total. The number of hydrogen-bond donors (Lipinski definition) is 1. The van der Waals surface area contributed by atoms with E-state index in [0.717, 1.165) is 16.6 Å². The van der Waals surface area contributed by atoms with Crippen molar-refractivity contribution >= 4 is 23.0 Å². The number of hydrazone groups is 1. The van der Waals surface area contributed by atoms with Crippen LogP contribution in [0.25, 0.3) is 10.9 Å². The number of rotatable bonds is 9. The van der Waals surface area contributed by atoms with Crippen LogP contribution in [0.5, 0.6) is 11.5 Å². The summed E-state index contributed by atoms with van der Waals surface area (Å²) < 4.78 is 13.4. The number of benzene rings is 2. The van der Waals surface area contributed by atoms with Gasteiger partial charge < -0.3 is 14.0 Å². The van der Waals surface area contributed by atoms with Crippen LogP contribution in [0.3, 0.4) is 0 Å². The number of fused-ring (bicyclic) bond motifs is 1. The van der Waals surface area contributed by atoms with E-state index >= 15 is 0 Å². The summed E-state index contributed by atoms with van der Waals surface area (Å²) in [5.74, 6) is 1.08. The van der Waals surface area contributed by atoms with Crippen LogP contribution in [0.4, 0.5) is 0 Å². The molecule has 7 heteroatoms. The third kappa shape index (κ3) is 5.43. The maximum atomic E-state index is 12.3. The van der Waals surface area contributed by atoms with Gasteiger partial charge in [-0.25, -0.2) is 5.43 Å². The summed E-state index contributed by atoms with van der Waals surface area (Å²) in [6, 6.07) is 15.5. The number of ether oxygens (including phenoxy) is 2. The van der Waals surface area contributed by atoms with E-state index in [-0.39, 0.29) is 5.91 Å². The minimum Gasteiger partial charge on any atom is -0.493 e. The van der Waals surface area contributed by atoms with Gasteiger partial charge in [0.25, 0.3) is 0 Å². The lowest BCUT2D eigenvalue weighted by Gasteiger charge is -2.11. The second-order valence-electron chi connectivity index (χ2n) is 8.07. The molecular formula is C27H28N4O3. The molecule has 0 saturated heterocycles. The van der Waals surface area contributed by atoms with Crippen LogP contribution in [0.1, 0.15) is 28.7 Å². The molecule has 0 radical (unpaired) electrons. The van der Waals surface area contributed by atoms with Crippen LogP contribution in [-0.4, -0.2) is 28.8 Å². The Morgan fingerprint density at radius 1 is 1.09 bits per heavy atom. The number of nitrogens with one attached hydrogen (secondary N) is 1. The molecule has 0 unspecified atom stereocenters. The highest BCUT2D eigenvalue weighted by Crippen LogP contribution is 2.28. The summed E-state index contributed by atoms with van der Waals surface area (Å²) in [7, 11) is 1.59. The average molecular weight is 457 g/mol. The Balaban J connectivity index is 1.32. The molecule has 4 aromatic rings. The molecule has 0 aliphatic rings. The van der Waals surface area contributed by atoms with Gasteiger partial charge in [-0.05, 0) is 72.5 Å². The molecule has 2 heterocycles. The molecule has 0 spiro atoms. The van der Waals surface area contributed by atoms with Crippen LogP contribution >= 0.6 is 0 Å². The van der Waals surface area contributed by atoms with Crippen LogP contribution in [0, 0.1) is 13.8 Å². The third-order valence-corrected chi connectivity index (χ3v) is 5.62. The highest BCUT2D eigenvalue weighted by molar-refractivity contribution is 5.87. The van der Waals surface area contributed by atoms with Gasteiger partial charge in [-0.1, -0.05) is 12.1 Å². The lowest BCUT2D eigenvalue weighted by molar-refractivity contribution is -0.121. The van der Waals surface area contributed by atoms with Gasteiger partial charge in [0, 0.05) is 42.5 Å². The molecule has 174 valence electrons.